The van der Waals surface area contributed by atoms with Crippen LogP contribution in [0.25, 0.3) is 0 Å². The Labute approximate surface area is 151 Å². The molecule has 3 N–H and O–H groups in total. The van der Waals surface area contributed by atoms with Crippen molar-refractivity contribution in [3.8, 4) is 5.75 Å². The highest BCUT2D eigenvalue weighted by atomic mass is 16.5. The molecule has 0 spiro atoms. The predicted octanol–water partition coefficient (Wildman–Crippen LogP) is 0.536. The number of piperazine rings is 1. The number of aliphatic hydroxyl groups is 2. The van der Waals surface area contributed by atoms with Crippen molar-refractivity contribution in [1.82, 2.24) is 15.1 Å². The molecule has 2 rings (SSSR count). The average Bonchev–Trinajstić information content (AvgIpc) is 2.65. The number of likely N-dealkylation sites (N-methyl/N-ethyl adjacent to an activating group) is 1. The summed E-state index contributed by atoms with van der Waals surface area (Å²) in [6.07, 6.45) is 0.286. The van der Waals surface area contributed by atoms with Crippen molar-refractivity contribution >= 4 is 0 Å². The molecular formula is C19H33N3O3. The summed E-state index contributed by atoms with van der Waals surface area (Å²) in [5.41, 5.74) is 1.14. The van der Waals surface area contributed by atoms with Crippen molar-refractivity contribution in [2.24, 2.45) is 0 Å². The lowest BCUT2D eigenvalue weighted by Crippen LogP contribution is -2.49. The maximum Gasteiger partial charge on any atom is 0.119 e. The van der Waals surface area contributed by atoms with E-state index in [-0.39, 0.29) is 6.61 Å². The van der Waals surface area contributed by atoms with Gasteiger partial charge in [-0.3, -0.25) is 4.90 Å². The monoisotopic (exact) mass is 351 g/mol. The third kappa shape index (κ3) is 7.71. The first-order valence-corrected chi connectivity index (χ1v) is 9.37. The fraction of sp³-hybridized carbons (Fsp3) is 0.684. The quantitative estimate of drug-likeness (QED) is 0.506. The Morgan fingerprint density at radius 3 is 2.68 bits per heavy atom. The minimum absolute atomic E-state index is 0.210. The first-order valence-electron chi connectivity index (χ1n) is 9.37. The summed E-state index contributed by atoms with van der Waals surface area (Å²) in [5, 5.41) is 22.3. The minimum Gasteiger partial charge on any atom is -0.491 e. The Hall–Kier alpha value is -1.18. The number of hydrogen-bond acceptors (Lipinski definition) is 6. The highest BCUT2D eigenvalue weighted by Gasteiger charge is 2.18. The maximum absolute atomic E-state index is 10.2. The largest absolute Gasteiger partial charge is 0.491 e. The van der Waals surface area contributed by atoms with Gasteiger partial charge in [0.1, 0.15) is 18.5 Å². The molecular weight excluding hydrogens is 318 g/mol. The summed E-state index contributed by atoms with van der Waals surface area (Å²) < 4.78 is 5.76. The summed E-state index contributed by atoms with van der Waals surface area (Å²) >= 11 is 0. The molecule has 1 fully saturated rings. The van der Waals surface area contributed by atoms with Crippen LogP contribution in [0.3, 0.4) is 0 Å². The van der Waals surface area contributed by atoms with E-state index in [2.05, 4.69) is 22.0 Å². The van der Waals surface area contributed by atoms with E-state index in [0.717, 1.165) is 63.5 Å². The van der Waals surface area contributed by atoms with Crippen molar-refractivity contribution in [3.63, 3.8) is 0 Å². The fourth-order valence-corrected chi connectivity index (χ4v) is 3.01. The van der Waals surface area contributed by atoms with Crippen LogP contribution in [0, 0.1) is 0 Å². The Kier molecular flexibility index (Phi) is 9.21. The Morgan fingerprint density at radius 1 is 1.20 bits per heavy atom. The molecule has 6 heteroatoms. The van der Waals surface area contributed by atoms with Gasteiger partial charge in [0, 0.05) is 45.9 Å². The molecule has 0 bridgehead atoms. The van der Waals surface area contributed by atoms with Crippen molar-refractivity contribution in [1.29, 1.82) is 0 Å². The van der Waals surface area contributed by atoms with Crippen LogP contribution in [0.4, 0.5) is 0 Å². The normalized spacial score (nSPS) is 17.6. The molecule has 0 aliphatic carbocycles. The van der Waals surface area contributed by atoms with Crippen molar-refractivity contribution in [3.05, 3.63) is 29.8 Å². The molecule has 1 aliphatic rings. The lowest BCUT2D eigenvalue weighted by molar-refractivity contribution is 0.0471. The van der Waals surface area contributed by atoms with E-state index in [9.17, 15) is 5.11 Å². The van der Waals surface area contributed by atoms with Crippen LogP contribution in [0.2, 0.25) is 0 Å². The van der Waals surface area contributed by atoms with E-state index in [1.807, 2.05) is 24.3 Å². The molecule has 0 aromatic heterocycles. The van der Waals surface area contributed by atoms with Gasteiger partial charge in [-0.2, -0.15) is 0 Å². The number of hydrogen-bond donors (Lipinski definition) is 3. The third-order valence-corrected chi connectivity index (χ3v) is 4.56. The van der Waals surface area contributed by atoms with Crippen LogP contribution in [-0.4, -0.2) is 85.1 Å². The van der Waals surface area contributed by atoms with Crippen molar-refractivity contribution in [2.45, 2.75) is 26.0 Å². The smallest absolute Gasteiger partial charge is 0.119 e. The van der Waals surface area contributed by atoms with Crippen LogP contribution in [0.5, 0.6) is 5.75 Å². The number of nitrogens with zero attached hydrogens (tertiary/aromatic N) is 2. The molecule has 1 heterocycles. The van der Waals surface area contributed by atoms with E-state index in [1.54, 1.807) is 0 Å². The third-order valence-electron chi connectivity index (χ3n) is 4.56. The summed E-state index contributed by atoms with van der Waals surface area (Å²) in [4.78, 5) is 4.74. The molecule has 1 unspecified atom stereocenters. The number of benzene rings is 1. The molecule has 1 atom stereocenters. The number of β-amino-alcohol motifs (C(OH)–C–C–N with tert-alkyl or cyclic N) is 1. The van der Waals surface area contributed by atoms with Gasteiger partial charge in [0.25, 0.3) is 0 Å². The second-order valence-corrected chi connectivity index (χ2v) is 6.60. The second-order valence-electron chi connectivity index (χ2n) is 6.60. The summed E-state index contributed by atoms with van der Waals surface area (Å²) in [7, 11) is 0. The molecule has 0 radical (unpaired) electrons. The minimum atomic E-state index is -0.473. The molecule has 1 aromatic rings. The summed E-state index contributed by atoms with van der Waals surface area (Å²) in [6.45, 7) is 10.2. The molecule has 1 saturated heterocycles. The maximum atomic E-state index is 10.2. The highest BCUT2D eigenvalue weighted by Crippen LogP contribution is 2.14. The lowest BCUT2D eigenvalue weighted by atomic mass is 10.2. The standard InChI is InChI=1S/C19H33N3O3/c1-2-21-8-10-22(11-9-21)15-18(24)16-25-19-6-3-5-17(13-19)14-20-7-4-12-23/h3,5-6,13,18,20,23-24H,2,4,7-12,14-16H2,1H3. The van der Waals surface area contributed by atoms with Crippen LogP contribution in [0.15, 0.2) is 24.3 Å². The van der Waals surface area contributed by atoms with Gasteiger partial charge in [0.05, 0.1) is 0 Å². The number of aliphatic hydroxyl groups excluding tert-OH is 2. The van der Waals surface area contributed by atoms with Crippen LogP contribution in [0.1, 0.15) is 18.9 Å². The lowest BCUT2D eigenvalue weighted by Gasteiger charge is -2.34. The van der Waals surface area contributed by atoms with Gasteiger partial charge < -0.3 is 25.2 Å². The molecule has 1 aromatic carbocycles. The summed E-state index contributed by atoms with van der Waals surface area (Å²) in [6, 6.07) is 7.93. The van der Waals surface area contributed by atoms with Gasteiger partial charge >= 0.3 is 0 Å². The molecule has 6 nitrogen and oxygen atoms in total. The van der Waals surface area contributed by atoms with Gasteiger partial charge in [0.2, 0.25) is 0 Å². The first kappa shape index (κ1) is 20.1. The van der Waals surface area contributed by atoms with Gasteiger partial charge in [0.15, 0.2) is 0 Å². The molecule has 0 amide bonds. The van der Waals surface area contributed by atoms with Gasteiger partial charge in [-0.1, -0.05) is 19.1 Å². The van der Waals surface area contributed by atoms with E-state index in [1.165, 1.54) is 0 Å². The van der Waals surface area contributed by atoms with E-state index >= 15 is 0 Å². The Bertz CT molecular complexity index is 479. The van der Waals surface area contributed by atoms with Crippen molar-refractivity contribution < 1.29 is 14.9 Å². The van der Waals surface area contributed by atoms with Crippen molar-refractivity contribution in [2.75, 3.05) is 59.0 Å². The zero-order valence-corrected chi connectivity index (χ0v) is 15.4. The first-order chi connectivity index (χ1) is 12.2. The topological polar surface area (TPSA) is 68.2 Å². The Morgan fingerprint density at radius 2 is 1.96 bits per heavy atom. The average molecular weight is 351 g/mol. The van der Waals surface area contributed by atoms with Crippen LogP contribution >= 0.6 is 0 Å². The number of ether oxygens (including phenoxy) is 1. The van der Waals surface area contributed by atoms with E-state index in [4.69, 9.17) is 9.84 Å². The van der Waals surface area contributed by atoms with Gasteiger partial charge in [-0.25, -0.2) is 0 Å². The zero-order valence-electron chi connectivity index (χ0n) is 15.4. The Balaban J connectivity index is 1.68. The van der Waals surface area contributed by atoms with Gasteiger partial charge in [-0.05, 0) is 37.2 Å². The summed E-state index contributed by atoms with van der Waals surface area (Å²) in [5.74, 6) is 0.788. The molecule has 1 aliphatic heterocycles. The van der Waals surface area contributed by atoms with E-state index < -0.39 is 6.10 Å². The fourth-order valence-electron chi connectivity index (χ4n) is 3.01. The number of rotatable bonds is 11. The molecule has 0 saturated carbocycles. The zero-order chi connectivity index (χ0) is 17.9. The second kappa shape index (κ2) is 11.4. The van der Waals surface area contributed by atoms with Gasteiger partial charge in [-0.15, -0.1) is 0 Å². The highest BCUT2D eigenvalue weighted by molar-refractivity contribution is 5.28. The number of nitrogens with one attached hydrogen (secondary N) is 1. The van der Waals surface area contributed by atoms with Crippen LogP contribution < -0.4 is 10.1 Å². The predicted molar refractivity (Wildman–Crippen MR) is 99.9 cm³/mol. The molecule has 142 valence electrons. The van der Waals surface area contributed by atoms with E-state index in [0.29, 0.717) is 13.2 Å². The molecule has 25 heavy (non-hydrogen) atoms. The van der Waals surface area contributed by atoms with Crippen LogP contribution in [-0.2, 0) is 6.54 Å². The SMILES string of the molecule is CCN1CCN(CC(O)COc2cccc(CNCCCO)c2)CC1.